The molecule has 136 valence electrons. The normalized spacial score (nSPS) is 12.6. The number of rotatable bonds is 3. The second kappa shape index (κ2) is 7.04. The Morgan fingerprint density at radius 2 is 1.50 bits per heavy atom. The van der Waals surface area contributed by atoms with Gasteiger partial charge in [0.15, 0.2) is 11.6 Å². The van der Waals surface area contributed by atoms with Gasteiger partial charge in [-0.15, -0.1) is 0 Å². The minimum atomic E-state index is -0.489. The summed E-state index contributed by atoms with van der Waals surface area (Å²) in [5, 5.41) is 2.64. The van der Waals surface area contributed by atoms with Gasteiger partial charge in [0.05, 0.1) is 11.3 Å². The topological polar surface area (TPSA) is 63.2 Å². The largest absolute Gasteiger partial charge is 0.322 e. The maximum Gasteiger partial charge on any atom is 0.248 e. The average Bonchev–Trinajstić information content (AvgIpc) is 2.70. The van der Waals surface area contributed by atoms with Gasteiger partial charge in [-0.05, 0) is 29.8 Å². The Bertz CT molecular complexity index is 1160. The molecular formula is C23H14FNO3. The average molecular weight is 371 g/mol. The number of amides is 1. The molecule has 0 heterocycles. The minimum absolute atomic E-state index is 0.179. The summed E-state index contributed by atoms with van der Waals surface area (Å²) in [5.41, 5.74) is 1.91. The summed E-state index contributed by atoms with van der Waals surface area (Å²) in [6, 6.07) is 17.2. The second-order valence-corrected chi connectivity index (χ2v) is 6.31. The van der Waals surface area contributed by atoms with Crippen molar-refractivity contribution in [3.63, 3.8) is 0 Å². The molecule has 0 fully saturated rings. The Balaban J connectivity index is 1.65. The van der Waals surface area contributed by atoms with E-state index in [0.717, 1.165) is 0 Å². The van der Waals surface area contributed by atoms with Crippen LogP contribution in [-0.4, -0.2) is 17.5 Å². The van der Waals surface area contributed by atoms with E-state index in [0.29, 0.717) is 16.7 Å². The lowest BCUT2D eigenvalue weighted by Gasteiger charge is -2.20. The van der Waals surface area contributed by atoms with E-state index in [-0.39, 0.29) is 28.4 Å². The van der Waals surface area contributed by atoms with Gasteiger partial charge in [-0.1, -0.05) is 48.5 Å². The standard InChI is InChI=1S/C23H14FNO3/c24-15-6-3-5-14(13-15)11-12-20(26)25-19-10-4-9-18-21(19)23(28)17-8-2-1-7-16(17)22(18)27/h1-13H,(H,25,26)/b12-11+. The summed E-state index contributed by atoms with van der Waals surface area (Å²) in [5.74, 6) is -1.45. The molecule has 28 heavy (non-hydrogen) atoms. The van der Waals surface area contributed by atoms with Gasteiger partial charge in [0, 0.05) is 22.8 Å². The first-order valence-corrected chi connectivity index (χ1v) is 8.60. The van der Waals surface area contributed by atoms with Crippen LogP contribution in [0.25, 0.3) is 6.08 Å². The van der Waals surface area contributed by atoms with E-state index in [4.69, 9.17) is 0 Å². The summed E-state index contributed by atoms with van der Waals surface area (Å²) in [4.78, 5) is 37.9. The van der Waals surface area contributed by atoms with E-state index >= 15 is 0 Å². The molecule has 1 amide bonds. The van der Waals surface area contributed by atoms with Crippen molar-refractivity contribution in [3.05, 3.63) is 106 Å². The van der Waals surface area contributed by atoms with Crippen molar-refractivity contribution in [1.29, 1.82) is 0 Å². The quantitative estimate of drug-likeness (QED) is 0.548. The third kappa shape index (κ3) is 3.14. The van der Waals surface area contributed by atoms with Crippen LogP contribution in [0.15, 0.2) is 72.8 Å². The monoisotopic (exact) mass is 371 g/mol. The van der Waals surface area contributed by atoms with Crippen LogP contribution in [0.1, 0.15) is 37.4 Å². The number of carbonyl (C=O) groups excluding carboxylic acids is 3. The maximum atomic E-state index is 13.2. The molecule has 0 radical (unpaired) electrons. The van der Waals surface area contributed by atoms with Crippen molar-refractivity contribution in [3.8, 4) is 0 Å². The van der Waals surface area contributed by atoms with E-state index in [9.17, 15) is 18.8 Å². The summed E-state index contributed by atoms with van der Waals surface area (Å²) in [6.07, 6.45) is 2.72. The van der Waals surface area contributed by atoms with Gasteiger partial charge >= 0.3 is 0 Å². The van der Waals surface area contributed by atoms with E-state index in [1.54, 1.807) is 54.6 Å². The van der Waals surface area contributed by atoms with Crippen LogP contribution in [0.3, 0.4) is 0 Å². The van der Waals surface area contributed by atoms with Crippen LogP contribution in [-0.2, 0) is 4.79 Å². The highest BCUT2D eigenvalue weighted by Gasteiger charge is 2.31. The summed E-state index contributed by atoms with van der Waals surface area (Å²) in [7, 11) is 0. The fourth-order valence-electron chi connectivity index (χ4n) is 3.21. The van der Waals surface area contributed by atoms with Gasteiger partial charge in [-0.3, -0.25) is 14.4 Å². The molecule has 1 aliphatic rings. The first-order valence-electron chi connectivity index (χ1n) is 8.60. The summed E-state index contributed by atoms with van der Waals surface area (Å²) >= 11 is 0. The van der Waals surface area contributed by atoms with Gasteiger partial charge in [-0.2, -0.15) is 0 Å². The number of hydrogen-bond acceptors (Lipinski definition) is 3. The molecule has 4 rings (SSSR count). The Morgan fingerprint density at radius 1 is 0.821 bits per heavy atom. The molecular weight excluding hydrogens is 357 g/mol. The molecule has 1 aliphatic carbocycles. The van der Waals surface area contributed by atoms with Crippen LogP contribution in [0.5, 0.6) is 0 Å². The zero-order valence-corrected chi connectivity index (χ0v) is 14.6. The predicted octanol–water partition coefficient (Wildman–Crippen LogP) is 4.25. The van der Waals surface area contributed by atoms with E-state index in [1.807, 2.05) is 0 Å². The highest BCUT2D eigenvalue weighted by molar-refractivity contribution is 6.30. The van der Waals surface area contributed by atoms with Crippen LogP contribution < -0.4 is 5.32 Å². The van der Waals surface area contributed by atoms with Crippen LogP contribution in [0.2, 0.25) is 0 Å². The van der Waals surface area contributed by atoms with E-state index in [2.05, 4.69) is 5.32 Å². The minimum Gasteiger partial charge on any atom is -0.322 e. The number of fused-ring (bicyclic) bond motifs is 2. The summed E-state index contributed by atoms with van der Waals surface area (Å²) < 4.78 is 13.2. The molecule has 0 saturated heterocycles. The number of carbonyl (C=O) groups is 3. The Hall–Kier alpha value is -3.86. The highest BCUT2D eigenvalue weighted by Crippen LogP contribution is 2.31. The van der Waals surface area contributed by atoms with Crippen LogP contribution >= 0.6 is 0 Å². The molecule has 5 heteroatoms. The highest BCUT2D eigenvalue weighted by atomic mass is 19.1. The predicted molar refractivity (Wildman–Crippen MR) is 104 cm³/mol. The van der Waals surface area contributed by atoms with Gasteiger partial charge < -0.3 is 5.32 Å². The number of ketones is 2. The first kappa shape index (κ1) is 17.5. The number of benzene rings is 3. The SMILES string of the molecule is O=C(/C=C/c1cccc(F)c1)Nc1cccc2c1C(=O)c1ccccc1C2=O. The smallest absolute Gasteiger partial charge is 0.248 e. The second-order valence-electron chi connectivity index (χ2n) is 6.31. The van der Waals surface area contributed by atoms with Crippen LogP contribution in [0.4, 0.5) is 10.1 Å². The van der Waals surface area contributed by atoms with Crippen molar-refractivity contribution in [2.75, 3.05) is 5.32 Å². The number of halogens is 1. The van der Waals surface area contributed by atoms with Crippen molar-refractivity contribution < 1.29 is 18.8 Å². The Kier molecular flexibility index (Phi) is 4.41. The van der Waals surface area contributed by atoms with E-state index < -0.39 is 11.7 Å². The fraction of sp³-hybridized carbons (Fsp3) is 0. The molecule has 0 atom stereocenters. The molecule has 0 unspecified atom stereocenters. The first-order chi connectivity index (χ1) is 13.5. The fourth-order valence-corrected chi connectivity index (χ4v) is 3.21. The molecule has 4 nitrogen and oxygen atoms in total. The maximum absolute atomic E-state index is 13.2. The third-order valence-corrected chi connectivity index (χ3v) is 4.49. The molecule has 3 aromatic rings. The van der Waals surface area contributed by atoms with Crippen molar-refractivity contribution in [2.45, 2.75) is 0 Å². The lowest BCUT2D eigenvalue weighted by molar-refractivity contribution is -0.111. The van der Waals surface area contributed by atoms with Gasteiger partial charge in [0.2, 0.25) is 5.91 Å². The molecule has 0 bridgehead atoms. The van der Waals surface area contributed by atoms with Crippen molar-refractivity contribution in [2.24, 2.45) is 0 Å². The lowest BCUT2D eigenvalue weighted by atomic mass is 9.83. The molecule has 0 saturated carbocycles. The lowest BCUT2D eigenvalue weighted by Crippen LogP contribution is -2.23. The Morgan fingerprint density at radius 3 is 2.25 bits per heavy atom. The van der Waals surface area contributed by atoms with Gasteiger partial charge in [0.25, 0.3) is 0 Å². The number of hydrogen-bond donors (Lipinski definition) is 1. The molecule has 1 N–H and O–H groups in total. The van der Waals surface area contributed by atoms with Crippen LogP contribution in [0, 0.1) is 5.82 Å². The zero-order valence-electron chi connectivity index (χ0n) is 14.6. The molecule has 0 aliphatic heterocycles. The Labute approximate surface area is 160 Å². The van der Waals surface area contributed by atoms with Gasteiger partial charge in [-0.25, -0.2) is 4.39 Å². The number of anilines is 1. The number of nitrogens with one attached hydrogen (secondary N) is 1. The molecule has 3 aromatic carbocycles. The van der Waals surface area contributed by atoms with E-state index in [1.165, 1.54) is 24.3 Å². The molecule has 0 spiro atoms. The van der Waals surface area contributed by atoms with Crippen molar-refractivity contribution >= 4 is 29.2 Å². The third-order valence-electron chi connectivity index (χ3n) is 4.49. The molecule has 0 aromatic heterocycles. The summed E-state index contributed by atoms with van der Waals surface area (Å²) in [6.45, 7) is 0. The van der Waals surface area contributed by atoms with Crippen molar-refractivity contribution in [1.82, 2.24) is 0 Å². The zero-order chi connectivity index (χ0) is 19.7. The van der Waals surface area contributed by atoms with Gasteiger partial charge in [0.1, 0.15) is 5.82 Å².